The maximum Gasteiger partial charge on any atom is 0.188 e. The Hall–Kier alpha value is -2.48. The highest BCUT2D eigenvalue weighted by molar-refractivity contribution is 5.55. The number of methoxy groups -OCH3 is 5. The van der Waals surface area contributed by atoms with Gasteiger partial charge >= 0.3 is 0 Å². The summed E-state index contributed by atoms with van der Waals surface area (Å²) in [7, 11) is 10.3. The van der Waals surface area contributed by atoms with E-state index in [2.05, 4.69) is 24.1 Å². The number of hydrogen-bond acceptors (Lipinski definition) is 7. The van der Waals surface area contributed by atoms with Crippen molar-refractivity contribution in [3.05, 3.63) is 46.5 Å². The molecule has 0 fully saturated rings. The predicted octanol–water partition coefficient (Wildman–Crippen LogP) is 3.67. The monoisotopic (exact) mass is 415 g/mol. The van der Waals surface area contributed by atoms with Crippen LogP contribution in [0.4, 0.5) is 0 Å². The molecule has 0 saturated carbocycles. The third-order valence-electron chi connectivity index (χ3n) is 6.10. The quantitative estimate of drug-likeness (QED) is 0.739. The Morgan fingerprint density at radius 3 is 2.20 bits per heavy atom. The summed E-state index contributed by atoms with van der Waals surface area (Å²) in [4.78, 5) is 2.32. The van der Waals surface area contributed by atoms with Crippen LogP contribution >= 0.6 is 0 Å². The summed E-state index contributed by atoms with van der Waals surface area (Å²) in [5.74, 6) is 2.72. The van der Waals surface area contributed by atoms with Crippen molar-refractivity contribution in [1.82, 2.24) is 4.90 Å². The van der Waals surface area contributed by atoms with E-state index in [1.165, 1.54) is 5.56 Å². The second kappa shape index (κ2) is 8.34. The van der Waals surface area contributed by atoms with Crippen molar-refractivity contribution in [2.24, 2.45) is 0 Å². The van der Waals surface area contributed by atoms with E-state index >= 15 is 0 Å². The molecule has 0 saturated heterocycles. The molecule has 0 aliphatic carbocycles. The first-order chi connectivity index (χ1) is 14.6. The Labute approximate surface area is 177 Å². The Morgan fingerprint density at radius 2 is 1.57 bits per heavy atom. The number of likely N-dealkylation sites (N-methyl/N-ethyl adjacent to an activating group) is 1. The molecule has 3 unspecified atom stereocenters. The second-order valence-electron chi connectivity index (χ2n) is 7.51. The van der Waals surface area contributed by atoms with Crippen LogP contribution in [-0.4, -0.2) is 54.0 Å². The van der Waals surface area contributed by atoms with Crippen molar-refractivity contribution in [1.29, 1.82) is 0 Å². The second-order valence-corrected chi connectivity index (χ2v) is 7.51. The zero-order valence-electron chi connectivity index (χ0n) is 18.4. The smallest absolute Gasteiger partial charge is 0.188 e. The maximum atomic E-state index is 6.56. The Balaban J connectivity index is 1.92. The summed E-state index contributed by atoms with van der Waals surface area (Å²) < 4.78 is 34.7. The van der Waals surface area contributed by atoms with Crippen LogP contribution < -0.4 is 18.9 Å². The van der Waals surface area contributed by atoms with Crippen LogP contribution in [0.25, 0.3) is 0 Å². The van der Waals surface area contributed by atoms with E-state index < -0.39 is 6.29 Å². The third-order valence-corrected chi connectivity index (χ3v) is 6.10. The molecule has 2 aromatic carbocycles. The number of ether oxygens (including phenoxy) is 6. The van der Waals surface area contributed by atoms with E-state index in [0.717, 1.165) is 35.4 Å². The van der Waals surface area contributed by atoms with Gasteiger partial charge in [-0.3, -0.25) is 4.90 Å². The number of fused-ring (bicyclic) bond motifs is 5. The molecular formula is C23H29NO6. The summed E-state index contributed by atoms with van der Waals surface area (Å²) >= 11 is 0. The summed E-state index contributed by atoms with van der Waals surface area (Å²) in [5, 5.41) is 0. The van der Waals surface area contributed by atoms with Gasteiger partial charge in [-0.05, 0) is 48.4 Å². The lowest BCUT2D eigenvalue weighted by Gasteiger charge is -2.41. The number of rotatable bonds is 5. The molecular weight excluding hydrogens is 386 g/mol. The van der Waals surface area contributed by atoms with Gasteiger partial charge < -0.3 is 28.4 Å². The standard InChI is InChI=1S/C23H29NO6/c1-24-10-9-13-11-17(26-3)18(27-4)12-15(13)21-20(24)14-7-8-16(25-2)22(28-5)19(14)23(29-6)30-21/h7-8,11-12,20-21,23H,9-10H2,1-6H3. The molecule has 2 aromatic rings. The van der Waals surface area contributed by atoms with Gasteiger partial charge in [0.05, 0.1) is 40.0 Å². The minimum atomic E-state index is -0.584. The molecule has 0 spiro atoms. The highest BCUT2D eigenvalue weighted by Gasteiger charge is 2.43. The summed E-state index contributed by atoms with van der Waals surface area (Å²) in [6.07, 6.45) is 0.0598. The van der Waals surface area contributed by atoms with Gasteiger partial charge in [0.2, 0.25) is 0 Å². The lowest BCUT2D eigenvalue weighted by molar-refractivity contribution is -0.190. The Bertz CT molecular complexity index is 930. The molecule has 0 bridgehead atoms. The van der Waals surface area contributed by atoms with Gasteiger partial charge in [0, 0.05) is 13.7 Å². The molecule has 0 N–H and O–H groups in total. The van der Waals surface area contributed by atoms with Crippen LogP contribution in [-0.2, 0) is 15.9 Å². The molecule has 30 heavy (non-hydrogen) atoms. The first-order valence-corrected chi connectivity index (χ1v) is 9.95. The zero-order valence-corrected chi connectivity index (χ0v) is 18.4. The van der Waals surface area contributed by atoms with Gasteiger partial charge in [-0.2, -0.15) is 0 Å². The maximum absolute atomic E-state index is 6.56. The molecule has 162 valence electrons. The fourth-order valence-corrected chi connectivity index (χ4v) is 4.65. The van der Waals surface area contributed by atoms with Crippen molar-refractivity contribution < 1.29 is 28.4 Å². The molecule has 7 heteroatoms. The number of benzene rings is 2. The molecule has 2 heterocycles. The third kappa shape index (κ3) is 3.17. The largest absolute Gasteiger partial charge is 0.493 e. The minimum Gasteiger partial charge on any atom is -0.493 e. The Kier molecular flexibility index (Phi) is 5.77. The lowest BCUT2D eigenvalue weighted by atomic mass is 9.87. The fraction of sp³-hybridized carbons (Fsp3) is 0.478. The van der Waals surface area contributed by atoms with Crippen molar-refractivity contribution in [2.75, 3.05) is 49.1 Å². The van der Waals surface area contributed by atoms with E-state index in [1.807, 2.05) is 12.1 Å². The molecule has 3 atom stereocenters. The number of hydrogen-bond donors (Lipinski definition) is 0. The Morgan fingerprint density at radius 1 is 0.867 bits per heavy atom. The van der Waals surface area contributed by atoms with Gasteiger partial charge in [0.15, 0.2) is 29.3 Å². The normalized spacial score (nSPS) is 22.9. The van der Waals surface area contributed by atoms with E-state index in [4.69, 9.17) is 28.4 Å². The van der Waals surface area contributed by atoms with E-state index in [1.54, 1.807) is 35.5 Å². The summed E-state index contributed by atoms with van der Waals surface area (Å²) in [6.45, 7) is 0.873. The van der Waals surface area contributed by atoms with Crippen LogP contribution in [0.3, 0.4) is 0 Å². The van der Waals surface area contributed by atoms with Crippen LogP contribution in [0.5, 0.6) is 23.0 Å². The van der Waals surface area contributed by atoms with Crippen molar-refractivity contribution in [2.45, 2.75) is 24.9 Å². The minimum absolute atomic E-state index is 0.00874. The van der Waals surface area contributed by atoms with Gasteiger partial charge in [-0.15, -0.1) is 0 Å². The van der Waals surface area contributed by atoms with E-state index in [9.17, 15) is 0 Å². The molecule has 4 rings (SSSR count). The average Bonchev–Trinajstić information content (AvgIpc) is 2.92. The first kappa shape index (κ1) is 20.8. The predicted molar refractivity (Wildman–Crippen MR) is 112 cm³/mol. The zero-order chi connectivity index (χ0) is 21.4. The molecule has 2 aliphatic heterocycles. The van der Waals surface area contributed by atoms with Crippen LogP contribution in [0.15, 0.2) is 24.3 Å². The fourth-order valence-electron chi connectivity index (χ4n) is 4.65. The molecule has 0 aromatic heterocycles. The molecule has 2 aliphatic rings. The highest BCUT2D eigenvalue weighted by atomic mass is 16.7. The molecule has 7 nitrogen and oxygen atoms in total. The highest BCUT2D eigenvalue weighted by Crippen LogP contribution is 2.54. The molecule has 0 radical (unpaired) electrons. The van der Waals surface area contributed by atoms with Gasteiger partial charge in [-0.25, -0.2) is 0 Å². The van der Waals surface area contributed by atoms with Crippen LogP contribution in [0.1, 0.15) is 40.7 Å². The van der Waals surface area contributed by atoms with E-state index in [-0.39, 0.29) is 12.1 Å². The lowest BCUT2D eigenvalue weighted by Crippen LogP contribution is -2.35. The van der Waals surface area contributed by atoms with Crippen LogP contribution in [0, 0.1) is 0 Å². The van der Waals surface area contributed by atoms with E-state index in [0.29, 0.717) is 17.2 Å². The SMILES string of the molecule is COc1cc2c(cc1OC)C1OC(OC)c3c(ccc(OC)c3OC)C1N(C)CC2. The van der Waals surface area contributed by atoms with Crippen molar-refractivity contribution >= 4 is 0 Å². The first-order valence-electron chi connectivity index (χ1n) is 9.95. The van der Waals surface area contributed by atoms with Crippen LogP contribution in [0.2, 0.25) is 0 Å². The van der Waals surface area contributed by atoms with Crippen molar-refractivity contribution in [3.63, 3.8) is 0 Å². The average molecular weight is 415 g/mol. The van der Waals surface area contributed by atoms with Gasteiger partial charge in [-0.1, -0.05) is 6.07 Å². The topological polar surface area (TPSA) is 58.6 Å². The number of nitrogens with zero attached hydrogens (tertiary/aromatic N) is 1. The summed E-state index contributed by atoms with van der Waals surface area (Å²) in [5.41, 5.74) is 4.26. The summed E-state index contributed by atoms with van der Waals surface area (Å²) in [6, 6.07) is 8.11. The van der Waals surface area contributed by atoms with Gasteiger partial charge in [0.25, 0.3) is 0 Å². The van der Waals surface area contributed by atoms with Crippen molar-refractivity contribution in [3.8, 4) is 23.0 Å². The molecule has 0 amide bonds. The van der Waals surface area contributed by atoms with Gasteiger partial charge in [0.1, 0.15) is 6.10 Å².